The lowest BCUT2D eigenvalue weighted by atomic mass is 10.0. The largest absolute Gasteiger partial charge is 0.459 e. The van der Waals surface area contributed by atoms with Gasteiger partial charge in [-0.05, 0) is 50.1 Å². The summed E-state index contributed by atoms with van der Waals surface area (Å²) in [6, 6.07) is 6.97. The van der Waals surface area contributed by atoms with Gasteiger partial charge in [0, 0.05) is 19.1 Å². The Labute approximate surface area is 151 Å². The number of anilines is 1. The van der Waals surface area contributed by atoms with Gasteiger partial charge in [-0.15, -0.1) is 11.3 Å². The molecule has 1 fully saturated rings. The summed E-state index contributed by atoms with van der Waals surface area (Å²) in [5.41, 5.74) is 0. The van der Waals surface area contributed by atoms with E-state index in [0.29, 0.717) is 9.88 Å². The Kier molecular flexibility index (Phi) is 5.88. The minimum Gasteiger partial charge on any atom is -0.459 e. The highest BCUT2D eigenvalue weighted by molar-refractivity contribution is 7.18. The summed E-state index contributed by atoms with van der Waals surface area (Å²) < 4.78 is 5.06. The van der Waals surface area contributed by atoms with Gasteiger partial charge in [-0.3, -0.25) is 9.59 Å². The maximum Gasteiger partial charge on any atom is 0.291 e. The molecule has 2 aromatic heterocycles. The van der Waals surface area contributed by atoms with Crippen LogP contribution < -0.4 is 10.6 Å². The Balaban J connectivity index is 1.50. The normalized spacial score (nSPS) is 15.9. The second-order valence-corrected chi connectivity index (χ2v) is 7.27. The van der Waals surface area contributed by atoms with Gasteiger partial charge < -0.3 is 20.0 Å². The van der Waals surface area contributed by atoms with Crippen LogP contribution in [0, 0.1) is 0 Å². The van der Waals surface area contributed by atoms with Gasteiger partial charge in [0.15, 0.2) is 5.76 Å². The minimum atomic E-state index is -0.317. The van der Waals surface area contributed by atoms with Crippen molar-refractivity contribution in [3.63, 3.8) is 0 Å². The first-order chi connectivity index (χ1) is 12.2. The van der Waals surface area contributed by atoms with Crippen LogP contribution in [0.4, 0.5) is 5.00 Å². The van der Waals surface area contributed by atoms with E-state index in [1.54, 1.807) is 24.3 Å². The molecule has 2 aromatic rings. The van der Waals surface area contributed by atoms with Gasteiger partial charge in [0.05, 0.1) is 16.1 Å². The zero-order chi connectivity index (χ0) is 17.6. The highest BCUT2D eigenvalue weighted by Gasteiger charge is 2.21. The van der Waals surface area contributed by atoms with Crippen molar-refractivity contribution in [2.75, 3.05) is 25.0 Å². The SMILES string of the molecule is CCCN1CCC(NC(=O)c2ccc(NC(=O)c3ccco3)s2)CC1. The van der Waals surface area contributed by atoms with E-state index in [0.717, 1.165) is 32.5 Å². The van der Waals surface area contributed by atoms with Gasteiger partial charge >= 0.3 is 0 Å². The van der Waals surface area contributed by atoms with Crippen molar-refractivity contribution in [1.29, 1.82) is 0 Å². The molecule has 0 spiro atoms. The molecule has 1 aliphatic rings. The lowest BCUT2D eigenvalue weighted by Gasteiger charge is -2.31. The van der Waals surface area contributed by atoms with Crippen LogP contribution in [0.3, 0.4) is 0 Å². The molecule has 3 heterocycles. The molecule has 0 aliphatic carbocycles. The van der Waals surface area contributed by atoms with E-state index in [1.807, 2.05) is 0 Å². The van der Waals surface area contributed by atoms with Gasteiger partial charge in [-0.1, -0.05) is 6.92 Å². The second-order valence-electron chi connectivity index (χ2n) is 6.18. The first-order valence-corrected chi connectivity index (χ1v) is 9.45. The second kappa shape index (κ2) is 8.31. The fourth-order valence-corrected chi connectivity index (χ4v) is 3.79. The molecule has 2 amide bonds. The fourth-order valence-electron chi connectivity index (χ4n) is 2.98. The third-order valence-electron chi connectivity index (χ3n) is 4.27. The van der Waals surface area contributed by atoms with E-state index in [-0.39, 0.29) is 23.6 Å². The van der Waals surface area contributed by atoms with E-state index in [2.05, 4.69) is 22.5 Å². The Morgan fingerprint density at radius 1 is 1.24 bits per heavy atom. The number of likely N-dealkylation sites (tertiary alicyclic amines) is 1. The number of furan rings is 1. The van der Waals surface area contributed by atoms with Crippen LogP contribution in [0.2, 0.25) is 0 Å². The Hall–Kier alpha value is -2.12. The molecule has 3 rings (SSSR count). The van der Waals surface area contributed by atoms with Gasteiger partial charge in [0.2, 0.25) is 0 Å². The molecule has 1 saturated heterocycles. The number of hydrogen-bond acceptors (Lipinski definition) is 5. The average Bonchev–Trinajstić information content (AvgIpc) is 3.28. The summed E-state index contributed by atoms with van der Waals surface area (Å²) in [5, 5.41) is 6.48. The molecule has 25 heavy (non-hydrogen) atoms. The molecular formula is C18H23N3O3S. The van der Waals surface area contributed by atoms with Crippen molar-refractivity contribution in [2.24, 2.45) is 0 Å². The number of nitrogens with one attached hydrogen (secondary N) is 2. The number of thiophene rings is 1. The van der Waals surface area contributed by atoms with E-state index in [9.17, 15) is 9.59 Å². The molecule has 6 nitrogen and oxygen atoms in total. The molecule has 0 radical (unpaired) electrons. The quantitative estimate of drug-likeness (QED) is 0.829. The van der Waals surface area contributed by atoms with Crippen molar-refractivity contribution in [2.45, 2.75) is 32.2 Å². The van der Waals surface area contributed by atoms with Crippen LogP contribution in [0.15, 0.2) is 34.9 Å². The number of amides is 2. The minimum absolute atomic E-state index is 0.0718. The molecule has 0 bridgehead atoms. The molecule has 134 valence electrons. The first kappa shape index (κ1) is 17.7. The smallest absolute Gasteiger partial charge is 0.291 e. The average molecular weight is 361 g/mol. The maximum atomic E-state index is 12.4. The Bertz CT molecular complexity index is 703. The Morgan fingerprint density at radius 2 is 2.04 bits per heavy atom. The van der Waals surface area contributed by atoms with Crippen LogP contribution in [-0.4, -0.2) is 42.4 Å². The highest BCUT2D eigenvalue weighted by atomic mass is 32.1. The molecule has 2 N–H and O–H groups in total. The third-order valence-corrected chi connectivity index (χ3v) is 5.27. The number of hydrogen-bond donors (Lipinski definition) is 2. The van der Waals surface area contributed by atoms with Crippen LogP contribution in [0.5, 0.6) is 0 Å². The first-order valence-electron chi connectivity index (χ1n) is 8.63. The monoisotopic (exact) mass is 361 g/mol. The van der Waals surface area contributed by atoms with Gasteiger partial charge in [-0.2, -0.15) is 0 Å². The molecule has 1 aliphatic heterocycles. The predicted molar refractivity (Wildman–Crippen MR) is 98.2 cm³/mol. The van der Waals surface area contributed by atoms with Crippen molar-refractivity contribution >= 4 is 28.2 Å². The lowest BCUT2D eigenvalue weighted by molar-refractivity contribution is 0.0914. The van der Waals surface area contributed by atoms with Gasteiger partial charge in [0.25, 0.3) is 11.8 Å². The fraction of sp³-hybridized carbons (Fsp3) is 0.444. The summed E-state index contributed by atoms with van der Waals surface area (Å²) in [6.07, 6.45) is 4.59. The van der Waals surface area contributed by atoms with Crippen LogP contribution >= 0.6 is 11.3 Å². The zero-order valence-corrected chi connectivity index (χ0v) is 15.1. The van der Waals surface area contributed by atoms with Crippen molar-refractivity contribution < 1.29 is 14.0 Å². The van der Waals surface area contributed by atoms with E-state index in [1.165, 1.54) is 24.0 Å². The summed E-state index contributed by atoms with van der Waals surface area (Å²) in [5.74, 6) is -0.141. The zero-order valence-electron chi connectivity index (χ0n) is 14.3. The van der Waals surface area contributed by atoms with Crippen LogP contribution in [0.25, 0.3) is 0 Å². The maximum absolute atomic E-state index is 12.4. The summed E-state index contributed by atoms with van der Waals surface area (Å²) in [4.78, 5) is 27.4. The summed E-state index contributed by atoms with van der Waals surface area (Å²) in [7, 11) is 0. The summed E-state index contributed by atoms with van der Waals surface area (Å²) in [6.45, 7) is 5.39. The van der Waals surface area contributed by atoms with Crippen molar-refractivity contribution in [3.8, 4) is 0 Å². The number of carbonyl (C=O) groups is 2. The molecule has 7 heteroatoms. The summed E-state index contributed by atoms with van der Waals surface area (Å²) >= 11 is 1.27. The third kappa shape index (κ3) is 4.70. The number of carbonyl (C=O) groups excluding carboxylic acids is 2. The molecule has 0 unspecified atom stereocenters. The lowest BCUT2D eigenvalue weighted by Crippen LogP contribution is -2.44. The highest BCUT2D eigenvalue weighted by Crippen LogP contribution is 2.23. The van der Waals surface area contributed by atoms with E-state index >= 15 is 0 Å². The predicted octanol–water partition coefficient (Wildman–Crippen LogP) is 3.20. The van der Waals surface area contributed by atoms with Crippen molar-refractivity contribution in [1.82, 2.24) is 10.2 Å². The molecule has 0 saturated carbocycles. The van der Waals surface area contributed by atoms with Gasteiger partial charge in [0.1, 0.15) is 0 Å². The van der Waals surface area contributed by atoms with Gasteiger partial charge in [-0.25, -0.2) is 0 Å². The number of rotatable bonds is 6. The Morgan fingerprint density at radius 3 is 2.72 bits per heavy atom. The molecular weight excluding hydrogens is 338 g/mol. The topological polar surface area (TPSA) is 74.6 Å². The standard InChI is InChI=1S/C18H23N3O3S/c1-2-9-21-10-7-13(8-11-21)19-18(23)15-5-6-16(25-15)20-17(22)14-4-3-12-24-14/h3-6,12-13H,2,7-11H2,1H3,(H,19,23)(H,20,22). The van der Waals surface area contributed by atoms with Crippen molar-refractivity contribution in [3.05, 3.63) is 41.2 Å². The van der Waals surface area contributed by atoms with Crippen LogP contribution in [-0.2, 0) is 0 Å². The van der Waals surface area contributed by atoms with Crippen LogP contribution in [0.1, 0.15) is 46.4 Å². The van der Waals surface area contributed by atoms with E-state index < -0.39 is 0 Å². The molecule has 0 atom stereocenters. The molecule has 0 aromatic carbocycles. The number of piperidine rings is 1. The van der Waals surface area contributed by atoms with E-state index in [4.69, 9.17) is 4.42 Å². The number of nitrogens with zero attached hydrogens (tertiary/aromatic N) is 1.